The van der Waals surface area contributed by atoms with Crippen molar-refractivity contribution in [1.82, 2.24) is 14.9 Å². The van der Waals surface area contributed by atoms with Crippen molar-refractivity contribution in [2.75, 3.05) is 31.6 Å². The number of hydrogen-bond acceptors (Lipinski definition) is 7. The first-order valence-electron chi connectivity index (χ1n) is 9.40. The molecule has 1 aliphatic carbocycles. The Morgan fingerprint density at radius 2 is 1.85 bits per heavy atom. The van der Waals surface area contributed by atoms with Gasteiger partial charge in [0.15, 0.2) is 0 Å². The summed E-state index contributed by atoms with van der Waals surface area (Å²) >= 11 is 0. The van der Waals surface area contributed by atoms with E-state index < -0.39 is 7.12 Å². The average molecular weight is 356 g/mol. The number of rotatable bonds is 4. The Hall–Kier alpha value is -1.74. The summed E-state index contributed by atoms with van der Waals surface area (Å²) in [5.41, 5.74) is 1.25. The molecule has 138 valence electrons. The summed E-state index contributed by atoms with van der Waals surface area (Å²) in [5, 5.41) is 23.2. The molecule has 2 fully saturated rings. The molecule has 4 rings (SSSR count). The van der Waals surface area contributed by atoms with Crippen LogP contribution in [0, 0.1) is 0 Å². The normalized spacial score (nSPS) is 24.5. The minimum atomic E-state index is -1.49. The van der Waals surface area contributed by atoms with E-state index in [0.717, 1.165) is 55.9 Å². The lowest BCUT2D eigenvalue weighted by Crippen LogP contribution is -2.46. The standard InChI is InChI=1S/C18H25BN4O3/c24-19(25)13-1-6-17-16(11-13)18(21-12-20-17)22-14-2-4-15(5-3-14)23-7-9-26-10-8-23/h1,6,11-12,14-15,24-25H,2-5,7-10H2,(H,20,21,22)/t14-,15-. The second-order valence-corrected chi connectivity index (χ2v) is 7.17. The number of fused-ring (bicyclic) bond motifs is 1. The van der Waals surface area contributed by atoms with Crippen molar-refractivity contribution in [1.29, 1.82) is 0 Å². The van der Waals surface area contributed by atoms with E-state index in [1.807, 2.05) is 0 Å². The number of nitrogens with one attached hydrogen (secondary N) is 1. The van der Waals surface area contributed by atoms with Gasteiger partial charge >= 0.3 is 7.12 Å². The maximum atomic E-state index is 9.43. The summed E-state index contributed by atoms with van der Waals surface area (Å²) in [6.07, 6.45) is 6.13. The van der Waals surface area contributed by atoms with Crippen LogP contribution in [0.3, 0.4) is 0 Å². The lowest BCUT2D eigenvalue weighted by Gasteiger charge is -2.39. The van der Waals surface area contributed by atoms with Gasteiger partial charge in [-0.05, 0) is 43.3 Å². The van der Waals surface area contributed by atoms with Crippen LogP contribution in [0.4, 0.5) is 5.82 Å². The Bertz CT molecular complexity index is 746. The summed E-state index contributed by atoms with van der Waals surface area (Å²) in [6, 6.07) is 6.27. The minimum absolute atomic E-state index is 0.382. The molecule has 2 aromatic rings. The van der Waals surface area contributed by atoms with Gasteiger partial charge in [-0.3, -0.25) is 4.90 Å². The zero-order valence-corrected chi connectivity index (χ0v) is 14.8. The van der Waals surface area contributed by atoms with E-state index >= 15 is 0 Å². The molecule has 0 spiro atoms. The number of ether oxygens (including phenoxy) is 1. The van der Waals surface area contributed by atoms with E-state index in [1.54, 1.807) is 24.5 Å². The fraction of sp³-hybridized carbons (Fsp3) is 0.556. The molecule has 2 heterocycles. The maximum absolute atomic E-state index is 9.43. The molecule has 8 heteroatoms. The van der Waals surface area contributed by atoms with Crippen LogP contribution in [0.5, 0.6) is 0 Å². The van der Waals surface area contributed by atoms with E-state index in [1.165, 1.54) is 12.8 Å². The van der Waals surface area contributed by atoms with E-state index in [9.17, 15) is 10.0 Å². The molecular weight excluding hydrogens is 331 g/mol. The summed E-state index contributed by atoms with van der Waals surface area (Å²) in [6.45, 7) is 3.80. The van der Waals surface area contributed by atoms with Gasteiger partial charge in [0.25, 0.3) is 0 Å². The predicted molar refractivity (Wildman–Crippen MR) is 101 cm³/mol. The van der Waals surface area contributed by atoms with Crippen LogP contribution in [-0.4, -0.2) is 70.4 Å². The van der Waals surface area contributed by atoms with Crippen LogP contribution in [-0.2, 0) is 4.74 Å². The summed E-state index contributed by atoms with van der Waals surface area (Å²) in [4.78, 5) is 11.2. The Labute approximate surface area is 153 Å². The number of anilines is 1. The zero-order valence-electron chi connectivity index (χ0n) is 14.8. The van der Waals surface area contributed by atoms with Gasteiger partial charge < -0.3 is 20.1 Å². The van der Waals surface area contributed by atoms with Gasteiger partial charge in [0.2, 0.25) is 0 Å². The third kappa shape index (κ3) is 3.83. The molecule has 1 aromatic heterocycles. The molecule has 0 amide bonds. The van der Waals surface area contributed by atoms with Crippen molar-refractivity contribution in [3.05, 3.63) is 24.5 Å². The van der Waals surface area contributed by atoms with Gasteiger partial charge in [0, 0.05) is 30.6 Å². The summed E-state index contributed by atoms with van der Waals surface area (Å²) in [7, 11) is -1.49. The molecule has 26 heavy (non-hydrogen) atoms. The van der Waals surface area contributed by atoms with Gasteiger partial charge in [-0.1, -0.05) is 6.07 Å². The first-order valence-corrected chi connectivity index (χ1v) is 9.40. The van der Waals surface area contributed by atoms with E-state index in [4.69, 9.17) is 4.74 Å². The number of hydrogen-bond donors (Lipinski definition) is 3. The molecule has 0 bridgehead atoms. The third-order valence-electron chi connectivity index (χ3n) is 5.56. The van der Waals surface area contributed by atoms with Gasteiger partial charge in [0.05, 0.1) is 18.7 Å². The molecular formula is C18H25BN4O3. The maximum Gasteiger partial charge on any atom is 0.488 e. The summed E-state index contributed by atoms with van der Waals surface area (Å²) in [5.74, 6) is 0.771. The highest BCUT2D eigenvalue weighted by molar-refractivity contribution is 6.58. The van der Waals surface area contributed by atoms with Crippen molar-refractivity contribution in [2.24, 2.45) is 0 Å². The highest BCUT2D eigenvalue weighted by atomic mass is 16.5. The number of nitrogens with zero attached hydrogens (tertiary/aromatic N) is 3. The fourth-order valence-electron chi connectivity index (χ4n) is 4.07. The topological polar surface area (TPSA) is 90.7 Å². The fourth-order valence-corrected chi connectivity index (χ4v) is 4.07. The monoisotopic (exact) mass is 356 g/mol. The Balaban J connectivity index is 1.44. The highest BCUT2D eigenvalue weighted by Gasteiger charge is 2.27. The average Bonchev–Trinajstić information content (AvgIpc) is 2.69. The number of morpholine rings is 1. The second kappa shape index (κ2) is 7.88. The Morgan fingerprint density at radius 1 is 1.08 bits per heavy atom. The van der Waals surface area contributed by atoms with Crippen molar-refractivity contribution >= 4 is 29.3 Å². The molecule has 0 unspecified atom stereocenters. The van der Waals surface area contributed by atoms with Crippen LogP contribution in [0.15, 0.2) is 24.5 Å². The first-order chi connectivity index (χ1) is 12.7. The minimum Gasteiger partial charge on any atom is -0.423 e. The molecule has 1 aliphatic heterocycles. The molecule has 0 atom stereocenters. The molecule has 1 saturated carbocycles. The third-order valence-corrected chi connectivity index (χ3v) is 5.56. The van der Waals surface area contributed by atoms with Crippen LogP contribution < -0.4 is 10.8 Å². The van der Waals surface area contributed by atoms with Crippen LogP contribution in [0.2, 0.25) is 0 Å². The van der Waals surface area contributed by atoms with Gasteiger partial charge in [-0.25, -0.2) is 9.97 Å². The summed E-state index contributed by atoms with van der Waals surface area (Å²) < 4.78 is 5.45. The SMILES string of the molecule is OB(O)c1ccc2ncnc(N[C@H]3CC[C@H](N4CCOCC4)CC3)c2c1. The van der Waals surface area contributed by atoms with Gasteiger partial charge in [-0.2, -0.15) is 0 Å². The van der Waals surface area contributed by atoms with Crippen molar-refractivity contribution in [3.63, 3.8) is 0 Å². The lowest BCUT2D eigenvalue weighted by atomic mass is 9.80. The van der Waals surface area contributed by atoms with E-state index in [0.29, 0.717) is 17.5 Å². The Morgan fingerprint density at radius 3 is 2.58 bits per heavy atom. The second-order valence-electron chi connectivity index (χ2n) is 7.17. The van der Waals surface area contributed by atoms with E-state index in [-0.39, 0.29) is 0 Å². The predicted octanol–water partition coefficient (Wildman–Crippen LogP) is 0.365. The molecule has 1 aromatic carbocycles. The lowest BCUT2D eigenvalue weighted by molar-refractivity contribution is 0.00791. The number of aromatic nitrogens is 2. The van der Waals surface area contributed by atoms with Crippen LogP contribution >= 0.6 is 0 Å². The van der Waals surface area contributed by atoms with E-state index in [2.05, 4.69) is 20.2 Å². The number of benzene rings is 1. The van der Waals surface area contributed by atoms with Crippen molar-refractivity contribution < 1.29 is 14.8 Å². The van der Waals surface area contributed by atoms with Gasteiger partial charge in [0.1, 0.15) is 12.1 Å². The molecule has 2 aliphatic rings. The van der Waals surface area contributed by atoms with Crippen molar-refractivity contribution in [2.45, 2.75) is 37.8 Å². The van der Waals surface area contributed by atoms with Crippen molar-refractivity contribution in [3.8, 4) is 0 Å². The first kappa shape index (κ1) is 17.7. The van der Waals surface area contributed by atoms with Gasteiger partial charge in [-0.15, -0.1) is 0 Å². The smallest absolute Gasteiger partial charge is 0.423 e. The van der Waals surface area contributed by atoms with Crippen LogP contribution in [0.25, 0.3) is 10.9 Å². The molecule has 7 nitrogen and oxygen atoms in total. The quantitative estimate of drug-likeness (QED) is 0.682. The molecule has 3 N–H and O–H groups in total. The largest absolute Gasteiger partial charge is 0.488 e. The molecule has 1 saturated heterocycles. The zero-order chi connectivity index (χ0) is 17.9. The van der Waals surface area contributed by atoms with Crippen LogP contribution in [0.1, 0.15) is 25.7 Å². The Kier molecular flexibility index (Phi) is 5.35. The molecule has 0 radical (unpaired) electrons. The highest BCUT2D eigenvalue weighted by Crippen LogP contribution is 2.27.